The van der Waals surface area contributed by atoms with E-state index in [-0.39, 0.29) is 18.5 Å². The molecule has 1 saturated heterocycles. The summed E-state index contributed by atoms with van der Waals surface area (Å²) in [4.78, 5) is 25.2. The molecule has 1 aliphatic heterocycles. The Labute approximate surface area is 136 Å². The summed E-state index contributed by atoms with van der Waals surface area (Å²) in [6.45, 7) is 7.15. The minimum Gasteiger partial charge on any atom is -0.481 e. The molecular weight excluding hydrogens is 298 g/mol. The van der Waals surface area contributed by atoms with Crippen molar-refractivity contribution in [2.75, 3.05) is 13.1 Å². The number of rotatable bonds is 5. The second-order valence-electron chi connectivity index (χ2n) is 6.18. The largest absolute Gasteiger partial charge is 0.481 e. The Kier molecular flexibility index (Phi) is 5.63. The van der Waals surface area contributed by atoms with Gasteiger partial charge in [0, 0.05) is 31.6 Å². The van der Waals surface area contributed by atoms with Gasteiger partial charge in [0.1, 0.15) is 5.76 Å². The number of aryl methyl sites for hydroxylation is 2. The minimum atomic E-state index is -0.838. The van der Waals surface area contributed by atoms with Gasteiger partial charge in [0.25, 0.3) is 0 Å². The average molecular weight is 323 g/mol. The van der Waals surface area contributed by atoms with Crippen LogP contribution in [0.3, 0.4) is 0 Å². The fourth-order valence-electron chi connectivity index (χ4n) is 3.11. The van der Waals surface area contributed by atoms with Gasteiger partial charge >= 0.3 is 12.0 Å². The summed E-state index contributed by atoms with van der Waals surface area (Å²) in [5, 5.41) is 16.1. The molecule has 2 atom stereocenters. The Morgan fingerprint density at radius 1 is 1.35 bits per heavy atom. The third kappa shape index (κ3) is 4.03. The van der Waals surface area contributed by atoms with Crippen LogP contribution in [0.15, 0.2) is 4.52 Å². The standard InChI is InChI=1S/C16H25N3O4/c1-4-13-12(14(5-2)23-18-13)7-17-16(22)19-8-10(3)6-11(9-19)15(20)21/h10-11H,4-9H2,1-3H3,(H,17,22)(H,20,21). The molecule has 2 rings (SSSR count). The maximum atomic E-state index is 12.4. The molecule has 1 aliphatic rings. The minimum absolute atomic E-state index is 0.184. The van der Waals surface area contributed by atoms with Crippen molar-refractivity contribution < 1.29 is 19.2 Å². The van der Waals surface area contributed by atoms with Crippen LogP contribution in [0.2, 0.25) is 0 Å². The van der Waals surface area contributed by atoms with Gasteiger partial charge in [-0.05, 0) is 18.8 Å². The van der Waals surface area contributed by atoms with Crippen molar-refractivity contribution in [1.29, 1.82) is 0 Å². The van der Waals surface area contributed by atoms with Gasteiger partial charge in [-0.1, -0.05) is 25.9 Å². The Hall–Kier alpha value is -2.05. The summed E-state index contributed by atoms with van der Waals surface area (Å²) in [5.74, 6) is -0.353. The SMILES string of the molecule is CCc1noc(CC)c1CNC(=O)N1CC(C)CC(C(=O)O)C1. The molecule has 0 aromatic carbocycles. The van der Waals surface area contributed by atoms with Gasteiger partial charge in [-0.25, -0.2) is 4.79 Å². The van der Waals surface area contributed by atoms with Crippen LogP contribution in [-0.2, 0) is 24.2 Å². The molecular formula is C16H25N3O4. The van der Waals surface area contributed by atoms with Gasteiger partial charge in [-0.15, -0.1) is 0 Å². The van der Waals surface area contributed by atoms with Crippen LogP contribution in [0, 0.1) is 11.8 Å². The molecule has 0 saturated carbocycles. The lowest BCUT2D eigenvalue weighted by molar-refractivity contribution is -0.143. The molecule has 1 aromatic heterocycles. The molecule has 1 fully saturated rings. The number of amides is 2. The number of nitrogens with one attached hydrogen (secondary N) is 1. The Balaban J connectivity index is 1.99. The molecule has 2 amide bonds. The Morgan fingerprint density at radius 3 is 2.70 bits per heavy atom. The lowest BCUT2D eigenvalue weighted by Gasteiger charge is -2.34. The lowest BCUT2D eigenvalue weighted by atomic mass is 9.91. The summed E-state index contributed by atoms with van der Waals surface area (Å²) in [6, 6.07) is -0.229. The maximum absolute atomic E-state index is 12.4. The van der Waals surface area contributed by atoms with Crippen molar-refractivity contribution >= 4 is 12.0 Å². The number of carboxylic acids is 1. The van der Waals surface area contributed by atoms with E-state index in [1.807, 2.05) is 20.8 Å². The van der Waals surface area contributed by atoms with E-state index in [9.17, 15) is 14.7 Å². The van der Waals surface area contributed by atoms with Crippen LogP contribution < -0.4 is 5.32 Å². The van der Waals surface area contributed by atoms with E-state index in [4.69, 9.17) is 4.52 Å². The maximum Gasteiger partial charge on any atom is 0.317 e. The molecule has 0 aliphatic carbocycles. The number of urea groups is 1. The highest BCUT2D eigenvalue weighted by molar-refractivity contribution is 5.76. The zero-order valence-corrected chi connectivity index (χ0v) is 14.0. The average Bonchev–Trinajstić information content (AvgIpc) is 2.93. The van der Waals surface area contributed by atoms with Crippen LogP contribution in [-0.4, -0.2) is 40.3 Å². The highest BCUT2D eigenvalue weighted by atomic mass is 16.5. The molecule has 23 heavy (non-hydrogen) atoms. The van der Waals surface area contributed by atoms with Crippen molar-refractivity contribution in [2.24, 2.45) is 11.8 Å². The molecule has 0 bridgehead atoms. The Bertz CT molecular complexity index is 548. The van der Waals surface area contributed by atoms with E-state index in [0.717, 1.165) is 29.9 Å². The first-order chi connectivity index (χ1) is 11.0. The molecule has 0 spiro atoms. The molecule has 7 heteroatoms. The zero-order chi connectivity index (χ0) is 17.0. The van der Waals surface area contributed by atoms with Crippen molar-refractivity contribution in [3.05, 3.63) is 17.0 Å². The Morgan fingerprint density at radius 2 is 2.09 bits per heavy atom. The van der Waals surface area contributed by atoms with Crippen molar-refractivity contribution in [1.82, 2.24) is 15.4 Å². The van der Waals surface area contributed by atoms with Gasteiger partial charge in [0.2, 0.25) is 0 Å². The monoisotopic (exact) mass is 323 g/mol. The van der Waals surface area contributed by atoms with Crippen LogP contribution in [0.1, 0.15) is 44.2 Å². The van der Waals surface area contributed by atoms with E-state index >= 15 is 0 Å². The number of aromatic nitrogens is 1. The second-order valence-corrected chi connectivity index (χ2v) is 6.18. The van der Waals surface area contributed by atoms with E-state index in [1.54, 1.807) is 4.90 Å². The van der Waals surface area contributed by atoms with Gasteiger partial charge < -0.3 is 19.8 Å². The van der Waals surface area contributed by atoms with Crippen molar-refractivity contribution in [3.8, 4) is 0 Å². The number of aliphatic carboxylic acids is 1. The summed E-state index contributed by atoms with van der Waals surface area (Å²) >= 11 is 0. The first-order valence-corrected chi connectivity index (χ1v) is 8.18. The predicted molar refractivity (Wildman–Crippen MR) is 84.0 cm³/mol. The van der Waals surface area contributed by atoms with Crippen molar-refractivity contribution in [3.63, 3.8) is 0 Å². The number of carbonyl (C=O) groups is 2. The third-order valence-corrected chi connectivity index (χ3v) is 4.32. The fourth-order valence-corrected chi connectivity index (χ4v) is 3.11. The van der Waals surface area contributed by atoms with Crippen LogP contribution in [0.25, 0.3) is 0 Å². The predicted octanol–water partition coefficient (Wildman–Crippen LogP) is 2.05. The molecule has 2 unspecified atom stereocenters. The highest BCUT2D eigenvalue weighted by Gasteiger charge is 2.32. The van der Waals surface area contributed by atoms with Crippen LogP contribution in [0.5, 0.6) is 0 Å². The summed E-state index contributed by atoms with van der Waals surface area (Å²) in [5.41, 5.74) is 1.79. The lowest BCUT2D eigenvalue weighted by Crippen LogP contribution is -2.49. The van der Waals surface area contributed by atoms with E-state index < -0.39 is 11.9 Å². The number of nitrogens with zero attached hydrogens (tertiary/aromatic N) is 2. The topological polar surface area (TPSA) is 95.7 Å². The normalized spacial score (nSPS) is 21.3. The number of carboxylic acid groups (broad SMARTS) is 1. The van der Waals surface area contributed by atoms with Gasteiger partial charge in [0.05, 0.1) is 11.6 Å². The highest BCUT2D eigenvalue weighted by Crippen LogP contribution is 2.22. The smallest absolute Gasteiger partial charge is 0.317 e. The number of hydrogen-bond donors (Lipinski definition) is 2. The first-order valence-electron chi connectivity index (χ1n) is 8.18. The number of piperidine rings is 1. The van der Waals surface area contributed by atoms with Crippen LogP contribution >= 0.6 is 0 Å². The van der Waals surface area contributed by atoms with Gasteiger partial charge in [0.15, 0.2) is 0 Å². The second kappa shape index (κ2) is 7.48. The molecule has 0 radical (unpaired) electrons. The molecule has 1 aromatic rings. The van der Waals surface area contributed by atoms with Gasteiger partial charge in [-0.2, -0.15) is 0 Å². The number of carbonyl (C=O) groups excluding carboxylic acids is 1. The summed E-state index contributed by atoms with van der Waals surface area (Å²) in [6.07, 6.45) is 2.08. The zero-order valence-electron chi connectivity index (χ0n) is 14.0. The van der Waals surface area contributed by atoms with E-state index in [2.05, 4.69) is 10.5 Å². The van der Waals surface area contributed by atoms with Crippen LogP contribution in [0.4, 0.5) is 4.79 Å². The first kappa shape index (κ1) is 17.3. The summed E-state index contributed by atoms with van der Waals surface area (Å²) in [7, 11) is 0. The molecule has 7 nitrogen and oxygen atoms in total. The number of hydrogen-bond acceptors (Lipinski definition) is 4. The quantitative estimate of drug-likeness (QED) is 0.864. The van der Waals surface area contributed by atoms with Crippen molar-refractivity contribution in [2.45, 2.75) is 46.6 Å². The number of likely N-dealkylation sites (tertiary alicyclic amines) is 1. The molecule has 2 N–H and O–H groups in total. The molecule has 128 valence electrons. The summed E-state index contributed by atoms with van der Waals surface area (Å²) < 4.78 is 5.29. The van der Waals surface area contributed by atoms with Gasteiger partial charge in [-0.3, -0.25) is 4.79 Å². The van der Waals surface area contributed by atoms with E-state index in [0.29, 0.717) is 19.5 Å². The van der Waals surface area contributed by atoms with E-state index in [1.165, 1.54) is 0 Å². The molecule has 2 heterocycles. The third-order valence-electron chi connectivity index (χ3n) is 4.32. The fraction of sp³-hybridized carbons (Fsp3) is 0.688.